The van der Waals surface area contributed by atoms with Crippen molar-refractivity contribution in [1.82, 2.24) is 0 Å². The Labute approximate surface area is 161 Å². The molecule has 0 spiro atoms. The fourth-order valence-electron chi connectivity index (χ4n) is 3.54. The molecule has 1 aliphatic rings. The maximum atomic E-state index is 2.36. The summed E-state index contributed by atoms with van der Waals surface area (Å²) in [7, 11) is 0. The summed E-state index contributed by atoms with van der Waals surface area (Å²) in [5, 5.41) is 4.79. The summed E-state index contributed by atoms with van der Waals surface area (Å²) in [4.78, 5) is 4.04. The van der Waals surface area contributed by atoms with Crippen LogP contribution >= 0.6 is 22.7 Å². The predicted octanol–water partition coefficient (Wildman–Crippen LogP) is 5.62. The number of thiophene rings is 2. The Kier molecular flexibility index (Phi) is 3.88. The molecule has 0 N–H and O–H groups in total. The van der Waals surface area contributed by atoms with E-state index in [-0.39, 0.29) is 0 Å². The van der Waals surface area contributed by atoms with Gasteiger partial charge in [0.15, 0.2) is 0 Å². The topological polar surface area (TPSA) is 0 Å². The smallest absolute Gasteiger partial charge is 0.0345 e. The second kappa shape index (κ2) is 6.39. The molecule has 0 fully saturated rings. The van der Waals surface area contributed by atoms with Crippen molar-refractivity contribution in [3.05, 3.63) is 92.5 Å². The molecule has 0 aliphatic heterocycles. The maximum Gasteiger partial charge on any atom is 0.0345 e. The lowest BCUT2D eigenvalue weighted by Crippen LogP contribution is -2.23. The number of benzene rings is 2. The van der Waals surface area contributed by atoms with Crippen molar-refractivity contribution in [2.75, 3.05) is 0 Å². The summed E-state index contributed by atoms with van der Waals surface area (Å²) in [6, 6.07) is 22.5. The molecular weight excluding hydrogens is 352 g/mol. The molecule has 26 heavy (non-hydrogen) atoms. The molecule has 0 unspecified atom stereocenters. The summed E-state index contributed by atoms with van der Waals surface area (Å²) >= 11 is 3.66. The molecule has 0 nitrogen and oxygen atoms in total. The second-order valence-corrected chi connectivity index (χ2v) is 8.93. The van der Waals surface area contributed by atoms with E-state index in [0.717, 1.165) is 6.42 Å². The minimum Gasteiger partial charge on any atom is -0.144 e. The first kappa shape index (κ1) is 15.8. The van der Waals surface area contributed by atoms with E-state index in [1.165, 1.54) is 47.3 Å². The van der Waals surface area contributed by atoms with Gasteiger partial charge in [-0.15, -0.1) is 22.7 Å². The van der Waals surface area contributed by atoms with Gasteiger partial charge in [-0.25, -0.2) is 0 Å². The van der Waals surface area contributed by atoms with Crippen LogP contribution in [0.1, 0.15) is 16.0 Å². The fourth-order valence-corrected chi connectivity index (χ4v) is 5.12. The Balaban J connectivity index is 1.63. The Hall–Kier alpha value is -2.42. The molecular formula is C24H18S2. The van der Waals surface area contributed by atoms with E-state index in [1.54, 1.807) is 11.3 Å². The Bertz CT molecular complexity index is 1210. The summed E-state index contributed by atoms with van der Waals surface area (Å²) < 4.78 is 0. The largest absolute Gasteiger partial charge is 0.144 e. The molecule has 0 saturated heterocycles. The first-order chi connectivity index (χ1) is 12.8. The van der Waals surface area contributed by atoms with E-state index in [1.807, 2.05) is 11.3 Å². The zero-order chi connectivity index (χ0) is 17.5. The number of aryl methyl sites for hydroxylation is 1. The van der Waals surface area contributed by atoms with Gasteiger partial charge in [-0.05, 0) is 87.8 Å². The molecule has 2 aromatic heterocycles. The van der Waals surface area contributed by atoms with Crippen LogP contribution in [0, 0.1) is 6.92 Å². The molecule has 1 aliphatic carbocycles. The Morgan fingerprint density at radius 1 is 0.808 bits per heavy atom. The molecule has 0 bridgehead atoms. The van der Waals surface area contributed by atoms with Crippen molar-refractivity contribution in [2.45, 2.75) is 13.3 Å². The Morgan fingerprint density at radius 2 is 1.69 bits per heavy atom. The standard InChI is InChI=1S/C24H18S2/c1-16-4-11-24(26-16)21-9-6-17-5-7-18-13-20(23-3-2-12-25-23)10-8-19(18)14-22(17)15-21/h2-6,8-15H,7H2,1H3. The molecule has 0 saturated carbocycles. The van der Waals surface area contributed by atoms with Gasteiger partial charge >= 0.3 is 0 Å². The quantitative estimate of drug-likeness (QED) is 0.430. The number of fused-ring (bicyclic) bond motifs is 2. The zero-order valence-corrected chi connectivity index (χ0v) is 16.2. The monoisotopic (exact) mass is 370 g/mol. The van der Waals surface area contributed by atoms with Crippen LogP contribution in [0.4, 0.5) is 0 Å². The number of rotatable bonds is 2. The van der Waals surface area contributed by atoms with Crippen LogP contribution in [0.2, 0.25) is 0 Å². The first-order valence-corrected chi connectivity index (χ1v) is 10.5. The lowest BCUT2D eigenvalue weighted by molar-refractivity contribution is 1.32. The fraction of sp³-hybridized carbons (Fsp3) is 0.0833. The summed E-state index contributed by atoms with van der Waals surface area (Å²) in [5.41, 5.74) is 5.37. The maximum absolute atomic E-state index is 2.36. The highest BCUT2D eigenvalue weighted by Crippen LogP contribution is 2.28. The average Bonchev–Trinajstić information content (AvgIpc) is 3.30. The second-order valence-electron chi connectivity index (χ2n) is 6.70. The van der Waals surface area contributed by atoms with Crippen molar-refractivity contribution in [1.29, 1.82) is 0 Å². The summed E-state index contributed by atoms with van der Waals surface area (Å²) in [5.74, 6) is 0. The third-order valence-electron chi connectivity index (χ3n) is 4.91. The number of hydrogen-bond acceptors (Lipinski definition) is 2. The van der Waals surface area contributed by atoms with Gasteiger partial charge in [-0.1, -0.05) is 36.4 Å². The normalized spacial score (nSPS) is 12.5. The molecule has 0 amide bonds. The lowest BCUT2D eigenvalue weighted by Gasteiger charge is -2.05. The summed E-state index contributed by atoms with van der Waals surface area (Å²) in [6.07, 6.45) is 5.69. The highest BCUT2D eigenvalue weighted by atomic mass is 32.1. The molecule has 0 radical (unpaired) electrons. The molecule has 2 heterocycles. The van der Waals surface area contributed by atoms with Gasteiger partial charge in [0.2, 0.25) is 0 Å². The van der Waals surface area contributed by atoms with Crippen LogP contribution in [0.25, 0.3) is 33.0 Å². The van der Waals surface area contributed by atoms with E-state index in [4.69, 9.17) is 0 Å². The lowest BCUT2D eigenvalue weighted by atomic mass is 10.0. The van der Waals surface area contributed by atoms with Crippen LogP contribution < -0.4 is 10.4 Å². The van der Waals surface area contributed by atoms with Crippen molar-refractivity contribution in [3.63, 3.8) is 0 Å². The van der Waals surface area contributed by atoms with E-state index in [9.17, 15) is 0 Å². The van der Waals surface area contributed by atoms with E-state index in [0.29, 0.717) is 0 Å². The Morgan fingerprint density at radius 3 is 2.50 bits per heavy atom. The molecule has 2 aromatic carbocycles. The van der Waals surface area contributed by atoms with Crippen LogP contribution in [0.15, 0.2) is 66.0 Å². The van der Waals surface area contributed by atoms with Gasteiger partial charge in [-0.2, -0.15) is 0 Å². The van der Waals surface area contributed by atoms with Crippen molar-refractivity contribution in [3.8, 4) is 20.9 Å². The number of hydrogen-bond donors (Lipinski definition) is 0. The minimum atomic E-state index is 0.982. The van der Waals surface area contributed by atoms with Crippen LogP contribution in [0.3, 0.4) is 0 Å². The molecule has 0 atom stereocenters. The van der Waals surface area contributed by atoms with E-state index >= 15 is 0 Å². The van der Waals surface area contributed by atoms with Gasteiger partial charge in [0.1, 0.15) is 0 Å². The minimum absolute atomic E-state index is 0.982. The van der Waals surface area contributed by atoms with Gasteiger partial charge in [0.05, 0.1) is 0 Å². The van der Waals surface area contributed by atoms with Gasteiger partial charge < -0.3 is 0 Å². The van der Waals surface area contributed by atoms with Gasteiger partial charge in [-0.3, -0.25) is 0 Å². The third-order valence-corrected chi connectivity index (χ3v) is 6.88. The van der Waals surface area contributed by atoms with Gasteiger partial charge in [0.25, 0.3) is 0 Å². The van der Waals surface area contributed by atoms with E-state index < -0.39 is 0 Å². The van der Waals surface area contributed by atoms with E-state index in [2.05, 4.69) is 85.1 Å². The average molecular weight is 371 g/mol. The first-order valence-electron chi connectivity index (χ1n) is 8.82. The van der Waals surface area contributed by atoms with Crippen LogP contribution in [-0.2, 0) is 6.42 Å². The van der Waals surface area contributed by atoms with Gasteiger partial charge in [0, 0.05) is 14.6 Å². The van der Waals surface area contributed by atoms with Crippen molar-refractivity contribution < 1.29 is 0 Å². The highest BCUT2D eigenvalue weighted by molar-refractivity contribution is 7.15. The predicted molar refractivity (Wildman–Crippen MR) is 115 cm³/mol. The van der Waals surface area contributed by atoms with Crippen molar-refractivity contribution in [2.24, 2.45) is 0 Å². The van der Waals surface area contributed by atoms with Crippen molar-refractivity contribution >= 4 is 34.8 Å². The van der Waals surface area contributed by atoms with Crippen LogP contribution in [-0.4, -0.2) is 0 Å². The van der Waals surface area contributed by atoms with Crippen LogP contribution in [0.5, 0.6) is 0 Å². The zero-order valence-electron chi connectivity index (χ0n) is 14.5. The highest BCUT2D eigenvalue weighted by Gasteiger charge is 2.08. The third kappa shape index (κ3) is 2.86. The molecule has 5 rings (SSSR count). The molecule has 126 valence electrons. The SMILES string of the molecule is Cc1ccc(-c2ccc3c(c2)=Cc2ccc(-c4cccs4)cc2CC=3)s1. The summed E-state index contributed by atoms with van der Waals surface area (Å²) in [6.45, 7) is 2.17. The molecule has 4 aromatic rings. The molecule has 2 heteroatoms.